The fourth-order valence-electron chi connectivity index (χ4n) is 5.30. The van der Waals surface area contributed by atoms with Crippen LogP contribution in [0.3, 0.4) is 0 Å². The average Bonchev–Trinajstić information content (AvgIpc) is 3.32. The van der Waals surface area contributed by atoms with Gasteiger partial charge in [-0.1, -0.05) is 26.0 Å². The second-order valence-corrected chi connectivity index (χ2v) is 12.0. The molecule has 2 aliphatic heterocycles. The number of hydrogen-bond donors (Lipinski definition) is 2. The smallest absolute Gasteiger partial charge is 0.337 e. The molecular formula is C27H37N3O4S. The van der Waals surface area contributed by atoms with Gasteiger partial charge < -0.3 is 14.9 Å². The summed E-state index contributed by atoms with van der Waals surface area (Å²) >= 11 is 0. The van der Waals surface area contributed by atoms with Gasteiger partial charge in [0.15, 0.2) is 0 Å². The molecule has 0 aromatic heterocycles. The lowest BCUT2D eigenvalue weighted by Crippen LogP contribution is -2.41. The van der Waals surface area contributed by atoms with E-state index in [1.165, 1.54) is 18.9 Å². The third-order valence-corrected chi connectivity index (χ3v) is 8.33. The molecule has 1 atom stereocenters. The fourth-order valence-corrected chi connectivity index (χ4v) is 6.35. The zero-order valence-electron chi connectivity index (χ0n) is 20.7. The molecule has 0 saturated carbocycles. The van der Waals surface area contributed by atoms with E-state index in [1.54, 1.807) is 24.3 Å². The number of aromatic carboxylic acids is 1. The maximum Gasteiger partial charge on any atom is 0.337 e. The molecule has 4 rings (SSSR count). The molecule has 0 bridgehead atoms. The Hall–Kier alpha value is -2.58. The summed E-state index contributed by atoms with van der Waals surface area (Å²) in [7, 11) is -3.82. The molecule has 0 unspecified atom stereocenters. The van der Waals surface area contributed by atoms with Gasteiger partial charge >= 0.3 is 5.97 Å². The van der Waals surface area contributed by atoms with Gasteiger partial charge in [0, 0.05) is 25.3 Å². The predicted octanol–water partition coefficient (Wildman–Crippen LogP) is 4.70. The molecule has 2 aliphatic rings. The van der Waals surface area contributed by atoms with Crippen molar-refractivity contribution < 1.29 is 18.3 Å². The van der Waals surface area contributed by atoms with Crippen molar-refractivity contribution in [2.75, 3.05) is 42.3 Å². The number of carboxylic acid groups (broad SMARTS) is 1. The zero-order chi connectivity index (χ0) is 25.0. The van der Waals surface area contributed by atoms with Crippen LogP contribution < -0.4 is 9.62 Å². The van der Waals surface area contributed by atoms with E-state index in [0.29, 0.717) is 17.5 Å². The highest BCUT2D eigenvalue weighted by molar-refractivity contribution is 7.92. The number of rotatable bonds is 9. The first-order valence-electron chi connectivity index (χ1n) is 12.7. The largest absolute Gasteiger partial charge is 0.478 e. The van der Waals surface area contributed by atoms with Crippen LogP contribution in [0.5, 0.6) is 0 Å². The fraction of sp³-hybridized carbons (Fsp3) is 0.519. The van der Waals surface area contributed by atoms with E-state index in [1.807, 2.05) is 12.1 Å². The van der Waals surface area contributed by atoms with Crippen molar-refractivity contribution in [3.63, 3.8) is 0 Å². The minimum Gasteiger partial charge on any atom is -0.478 e. The van der Waals surface area contributed by atoms with E-state index >= 15 is 0 Å². The summed E-state index contributed by atoms with van der Waals surface area (Å²) in [4.78, 5) is 17.0. The number of benzene rings is 2. The molecule has 0 amide bonds. The summed E-state index contributed by atoms with van der Waals surface area (Å²) in [6.45, 7) is 9.25. The molecule has 2 aromatic carbocycles. The molecule has 2 aromatic rings. The van der Waals surface area contributed by atoms with Crippen molar-refractivity contribution >= 4 is 27.4 Å². The van der Waals surface area contributed by atoms with Crippen LogP contribution in [0.2, 0.25) is 0 Å². The third-order valence-electron chi connectivity index (χ3n) is 6.93. The number of anilines is 2. The van der Waals surface area contributed by atoms with Gasteiger partial charge in [-0.2, -0.15) is 0 Å². The van der Waals surface area contributed by atoms with Crippen molar-refractivity contribution in [1.29, 1.82) is 0 Å². The van der Waals surface area contributed by atoms with Crippen molar-refractivity contribution in [2.45, 2.75) is 50.8 Å². The standard InChI is InChI=1S/C27H37N3O4S/c1-20(2)16-21-7-10-24(11-8-21)35(33,34)28-23-9-12-26(25(17-23)27(31)32)30-15-5-6-22(19-30)18-29-13-3-4-14-29/h7-12,17,20,22,28H,3-6,13-16,18-19H2,1-2H3,(H,31,32)/t22-/m0/s1. The Morgan fingerprint density at radius 3 is 2.43 bits per heavy atom. The molecule has 7 nitrogen and oxygen atoms in total. The Bertz CT molecular complexity index is 1130. The minimum atomic E-state index is -3.82. The van der Waals surface area contributed by atoms with Crippen LogP contribution in [0.4, 0.5) is 11.4 Å². The van der Waals surface area contributed by atoms with Gasteiger partial charge in [0.1, 0.15) is 0 Å². The molecule has 35 heavy (non-hydrogen) atoms. The SMILES string of the molecule is CC(C)Cc1ccc(S(=O)(=O)Nc2ccc(N3CCC[C@@H](CN4CCCC4)C3)c(C(=O)O)c2)cc1. The number of likely N-dealkylation sites (tertiary alicyclic amines) is 1. The van der Waals surface area contributed by atoms with Crippen LogP contribution in [-0.4, -0.2) is 57.1 Å². The Morgan fingerprint density at radius 2 is 1.77 bits per heavy atom. The summed E-state index contributed by atoms with van der Waals surface area (Å²) in [6.07, 6.45) is 5.59. The van der Waals surface area contributed by atoms with E-state index in [-0.39, 0.29) is 16.1 Å². The Morgan fingerprint density at radius 1 is 1.06 bits per heavy atom. The molecule has 2 heterocycles. The Balaban J connectivity index is 1.49. The molecule has 2 saturated heterocycles. The van der Waals surface area contributed by atoms with Crippen LogP contribution in [-0.2, 0) is 16.4 Å². The van der Waals surface area contributed by atoms with Crippen LogP contribution in [0.15, 0.2) is 47.4 Å². The van der Waals surface area contributed by atoms with Crippen molar-refractivity contribution in [3.05, 3.63) is 53.6 Å². The number of piperidine rings is 1. The lowest BCUT2D eigenvalue weighted by molar-refractivity contribution is 0.0697. The van der Waals surface area contributed by atoms with Gasteiger partial charge in [-0.3, -0.25) is 4.72 Å². The molecular weight excluding hydrogens is 462 g/mol. The Labute approximate surface area is 209 Å². The predicted molar refractivity (Wildman–Crippen MR) is 140 cm³/mol. The van der Waals surface area contributed by atoms with Crippen LogP contribution >= 0.6 is 0 Å². The monoisotopic (exact) mass is 499 g/mol. The van der Waals surface area contributed by atoms with E-state index in [0.717, 1.165) is 57.5 Å². The van der Waals surface area contributed by atoms with E-state index < -0.39 is 16.0 Å². The first kappa shape index (κ1) is 25.5. The third kappa shape index (κ3) is 6.55. The highest BCUT2D eigenvalue weighted by atomic mass is 32.2. The molecule has 2 fully saturated rings. The lowest BCUT2D eigenvalue weighted by atomic mass is 9.96. The molecule has 0 spiro atoms. The maximum atomic E-state index is 12.9. The highest BCUT2D eigenvalue weighted by Gasteiger charge is 2.26. The van der Waals surface area contributed by atoms with Gasteiger partial charge in [-0.05, 0) is 92.9 Å². The highest BCUT2D eigenvalue weighted by Crippen LogP contribution is 2.30. The molecule has 2 N–H and O–H groups in total. The second-order valence-electron chi connectivity index (χ2n) is 10.3. The van der Waals surface area contributed by atoms with Crippen molar-refractivity contribution in [3.8, 4) is 0 Å². The Kier molecular flexibility index (Phi) is 8.02. The average molecular weight is 500 g/mol. The summed E-state index contributed by atoms with van der Waals surface area (Å²) in [5, 5.41) is 9.92. The van der Waals surface area contributed by atoms with Gasteiger partial charge in [-0.25, -0.2) is 13.2 Å². The normalized spacial score (nSPS) is 19.3. The lowest BCUT2D eigenvalue weighted by Gasteiger charge is -2.36. The number of carboxylic acids is 1. The van der Waals surface area contributed by atoms with Gasteiger partial charge in [-0.15, -0.1) is 0 Å². The van der Waals surface area contributed by atoms with Crippen molar-refractivity contribution in [1.82, 2.24) is 4.90 Å². The van der Waals surface area contributed by atoms with E-state index in [9.17, 15) is 18.3 Å². The first-order chi connectivity index (χ1) is 16.7. The van der Waals surface area contributed by atoms with Crippen LogP contribution in [0.25, 0.3) is 0 Å². The number of sulfonamides is 1. The number of nitrogens with one attached hydrogen (secondary N) is 1. The molecule has 0 radical (unpaired) electrons. The number of carbonyl (C=O) groups is 1. The second kappa shape index (κ2) is 11.0. The topological polar surface area (TPSA) is 90.0 Å². The van der Waals surface area contributed by atoms with Crippen LogP contribution in [0, 0.1) is 11.8 Å². The number of nitrogens with zero attached hydrogens (tertiary/aromatic N) is 2. The maximum absolute atomic E-state index is 12.9. The molecule has 0 aliphatic carbocycles. The van der Waals surface area contributed by atoms with Gasteiger partial charge in [0.25, 0.3) is 10.0 Å². The first-order valence-corrected chi connectivity index (χ1v) is 14.2. The van der Waals surface area contributed by atoms with E-state index in [2.05, 4.69) is 28.4 Å². The summed E-state index contributed by atoms with van der Waals surface area (Å²) < 4.78 is 28.4. The quantitative estimate of drug-likeness (QED) is 0.520. The van der Waals surface area contributed by atoms with E-state index in [4.69, 9.17) is 0 Å². The van der Waals surface area contributed by atoms with Crippen LogP contribution in [0.1, 0.15) is 55.5 Å². The summed E-state index contributed by atoms with van der Waals surface area (Å²) in [6, 6.07) is 11.7. The molecule has 8 heteroatoms. The zero-order valence-corrected chi connectivity index (χ0v) is 21.6. The summed E-state index contributed by atoms with van der Waals surface area (Å²) in [5.41, 5.74) is 2.12. The van der Waals surface area contributed by atoms with Gasteiger partial charge in [0.2, 0.25) is 0 Å². The number of hydrogen-bond acceptors (Lipinski definition) is 5. The summed E-state index contributed by atoms with van der Waals surface area (Å²) in [5.74, 6) is -0.0555. The molecule has 190 valence electrons. The minimum absolute atomic E-state index is 0.124. The van der Waals surface area contributed by atoms with Gasteiger partial charge in [0.05, 0.1) is 16.1 Å². The van der Waals surface area contributed by atoms with Crippen molar-refractivity contribution in [2.24, 2.45) is 11.8 Å².